The number of hydrogen-bond donors (Lipinski definition) is 1. The molecule has 2 N–H and O–H groups in total. The van der Waals surface area contributed by atoms with E-state index in [1.54, 1.807) is 11.0 Å². The Balaban J connectivity index is 1.29. The molecule has 0 atom stereocenters. The number of benzene rings is 3. The van der Waals surface area contributed by atoms with E-state index >= 15 is 0 Å². The molecule has 0 bridgehead atoms. The maximum Gasteiger partial charge on any atom is 0.260 e. The Morgan fingerprint density at radius 1 is 0.969 bits per heavy atom. The molecular formula is C26H24ClN3O2. The summed E-state index contributed by atoms with van der Waals surface area (Å²) < 4.78 is 0. The van der Waals surface area contributed by atoms with Gasteiger partial charge in [0.05, 0.1) is 17.1 Å². The standard InChI is InChI=1S/C26H24ClN3O2/c27-23-6-2-4-20-16-30(26(32)24(20)23)22-5-1-3-19(15-22)25(31)29-13-11-18(12-14-29)17-7-9-21(28)10-8-17/h1-10,15,18H,11-14,16,28H2. The maximum atomic E-state index is 13.2. The lowest BCUT2D eigenvalue weighted by molar-refractivity contribution is 0.0712. The molecule has 3 aromatic rings. The monoisotopic (exact) mass is 445 g/mol. The van der Waals surface area contributed by atoms with Gasteiger partial charge < -0.3 is 15.5 Å². The Morgan fingerprint density at radius 3 is 2.41 bits per heavy atom. The first-order valence-electron chi connectivity index (χ1n) is 10.9. The molecule has 0 unspecified atom stereocenters. The molecule has 1 saturated heterocycles. The number of nitrogen functional groups attached to an aromatic ring is 1. The van der Waals surface area contributed by atoms with Gasteiger partial charge in [-0.2, -0.15) is 0 Å². The zero-order chi connectivity index (χ0) is 22.2. The van der Waals surface area contributed by atoms with E-state index < -0.39 is 0 Å². The van der Waals surface area contributed by atoms with Crippen LogP contribution < -0.4 is 10.6 Å². The average Bonchev–Trinajstić information content (AvgIpc) is 3.17. The van der Waals surface area contributed by atoms with Gasteiger partial charge in [-0.05, 0) is 66.3 Å². The molecule has 2 amide bonds. The van der Waals surface area contributed by atoms with Crippen LogP contribution in [0.15, 0.2) is 66.7 Å². The number of anilines is 2. The van der Waals surface area contributed by atoms with E-state index in [2.05, 4.69) is 12.1 Å². The van der Waals surface area contributed by atoms with E-state index in [1.807, 2.05) is 53.4 Å². The first kappa shape index (κ1) is 20.6. The third-order valence-electron chi connectivity index (χ3n) is 6.48. The highest BCUT2D eigenvalue weighted by molar-refractivity contribution is 6.35. The number of nitrogens with zero attached hydrogens (tertiary/aromatic N) is 2. The van der Waals surface area contributed by atoms with Crippen molar-refractivity contribution in [3.8, 4) is 0 Å². The minimum absolute atomic E-state index is 0.00444. The van der Waals surface area contributed by atoms with Crippen molar-refractivity contribution in [3.63, 3.8) is 0 Å². The summed E-state index contributed by atoms with van der Waals surface area (Å²) in [6, 6.07) is 20.9. The maximum absolute atomic E-state index is 13.2. The van der Waals surface area contributed by atoms with Crippen LogP contribution in [-0.2, 0) is 6.54 Å². The molecule has 5 rings (SSSR count). The fraction of sp³-hybridized carbons (Fsp3) is 0.231. The quantitative estimate of drug-likeness (QED) is 0.570. The number of nitrogens with two attached hydrogens (primary N) is 1. The third kappa shape index (κ3) is 3.73. The van der Waals surface area contributed by atoms with Crippen molar-refractivity contribution in [2.24, 2.45) is 0 Å². The van der Waals surface area contributed by atoms with Crippen LogP contribution in [-0.4, -0.2) is 29.8 Å². The average molecular weight is 446 g/mol. The lowest BCUT2D eigenvalue weighted by Gasteiger charge is -2.32. The molecule has 0 spiro atoms. The number of carbonyl (C=O) groups excluding carboxylic acids is 2. The molecular weight excluding hydrogens is 422 g/mol. The van der Waals surface area contributed by atoms with Gasteiger partial charge in [0, 0.05) is 30.0 Å². The molecule has 6 heteroatoms. The summed E-state index contributed by atoms with van der Waals surface area (Å²) in [4.78, 5) is 29.7. The summed E-state index contributed by atoms with van der Waals surface area (Å²) in [5.74, 6) is 0.320. The van der Waals surface area contributed by atoms with E-state index in [9.17, 15) is 9.59 Å². The highest BCUT2D eigenvalue weighted by Crippen LogP contribution is 2.33. The van der Waals surface area contributed by atoms with E-state index in [0.717, 1.165) is 24.1 Å². The molecule has 162 valence electrons. The third-order valence-corrected chi connectivity index (χ3v) is 6.80. The van der Waals surface area contributed by atoms with E-state index in [4.69, 9.17) is 17.3 Å². The molecule has 32 heavy (non-hydrogen) atoms. The van der Waals surface area contributed by atoms with Crippen LogP contribution in [0.3, 0.4) is 0 Å². The van der Waals surface area contributed by atoms with Crippen LogP contribution in [0.2, 0.25) is 5.02 Å². The molecule has 0 aromatic heterocycles. The van der Waals surface area contributed by atoms with E-state index in [0.29, 0.717) is 47.4 Å². The molecule has 0 saturated carbocycles. The van der Waals surface area contributed by atoms with E-state index in [1.165, 1.54) is 5.56 Å². The van der Waals surface area contributed by atoms with Crippen molar-refractivity contribution in [1.82, 2.24) is 4.90 Å². The van der Waals surface area contributed by atoms with Crippen molar-refractivity contribution in [2.75, 3.05) is 23.7 Å². The second kappa shape index (κ2) is 8.32. The number of likely N-dealkylation sites (tertiary alicyclic amines) is 1. The Labute approximate surface area is 192 Å². The van der Waals surface area contributed by atoms with Gasteiger partial charge in [0.2, 0.25) is 0 Å². The smallest absolute Gasteiger partial charge is 0.260 e. The van der Waals surface area contributed by atoms with Gasteiger partial charge in [0.15, 0.2) is 0 Å². The van der Waals surface area contributed by atoms with Crippen LogP contribution in [0, 0.1) is 0 Å². The van der Waals surface area contributed by atoms with Gasteiger partial charge in [0.1, 0.15) is 0 Å². The second-order valence-electron chi connectivity index (χ2n) is 8.45. The predicted octanol–water partition coefficient (Wildman–Crippen LogP) is 5.10. The molecule has 2 aliphatic heterocycles. The summed E-state index contributed by atoms with van der Waals surface area (Å²) in [6.07, 6.45) is 1.85. The number of amides is 2. The predicted molar refractivity (Wildman–Crippen MR) is 127 cm³/mol. The van der Waals surface area contributed by atoms with Crippen LogP contribution >= 0.6 is 11.6 Å². The molecule has 5 nitrogen and oxygen atoms in total. The molecule has 3 aromatic carbocycles. The summed E-state index contributed by atoms with van der Waals surface area (Å²) in [5.41, 5.74) is 10.6. The van der Waals surface area contributed by atoms with E-state index in [-0.39, 0.29) is 11.8 Å². The van der Waals surface area contributed by atoms with Crippen molar-refractivity contribution in [3.05, 3.63) is 94.0 Å². The number of fused-ring (bicyclic) bond motifs is 1. The van der Waals surface area contributed by atoms with Crippen LogP contribution in [0.1, 0.15) is 50.6 Å². The fourth-order valence-corrected chi connectivity index (χ4v) is 4.97. The van der Waals surface area contributed by atoms with Crippen molar-refractivity contribution >= 4 is 34.8 Å². The largest absolute Gasteiger partial charge is 0.399 e. The van der Waals surface area contributed by atoms with Crippen molar-refractivity contribution < 1.29 is 9.59 Å². The lowest BCUT2D eigenvalue weighted by atomic mass is 9.89. The fourth-order valence-electron chi connectivity index (χ4n) is 4.70. The zero-order valence-corrected chi connectivity index (χ0v) is 18.4. The summed E-state index contributed by atoms with van der Waals surface area (Å²) in [7, 11) is 0. The second-order valence-corrected chi connectivity index (χ2v) is 8.86. The number of hydrogen-bond acceptors (Lipinski definition) is 3. The highest BCUT2D eigenvalue weighted by atomic mass is 35.5. The normalized spacial score (nSPS) is 16.3. The summed E-state index contributed by atoms with van der Waals surface area (Å²) >= 11 is 6.25. The molecule has 1 fully saturated rings. The number of piperidine rings is 1. The zero-order valence-electron chi connectivity index (χ0n) is 17.6. The minimum Gasteiger partial charge on any atom is -0.399 e. The van der Waals surface area contributed by atoms with Crippen LogP contribution in [0.25, 0.3) is 0 Å². The number of carbonyl (C=O) groups is 2. The summed E-state index contributed by atoms with van der Waals surface area (Å²) in [5, 5.41) is 0.464. The Bertz CT molecular complexity index is 1180. The molecule has 0 aliphatic carbocycles. The van der Waals surface area contributed by atoms with Gasteiger partial charge >= 0.3 is 0 Å². The van der Waals surface area contributed by atoms with Crippen LogP contribution in [0.4, 0.5) is 11.4 Å². The highest BCUT2D eigenvalue weighted by Gasteiger charge is 2.31. The minimum atomic E-state index is -0.125. The SMILES string of the molecule is Nc1ccc(C2CCN(C(=O)c3cccc(N4Cc5cccc(Cl)c5C4=O)c3)CC2)cc1. The first-order valence-corrected chi connectivity index (χ1v) is 11.2. The molecule has 2 aliphatic rings. The molecule has 2 heterocycles. The Morgan fingerprint density at radius 2 is 1.69 bits per heavy atom. The van der Waals surface area contributed by atoms with Crippen molar-refractivity contribution in [1.29, 1.82) is 0 Å². The number of rotatable bonds is 3. The van der Waals surface area contributed by atoms with Gasteiger partial charge in [-0.1, -0.05) is 41.9 Å². The van der Waals surface area contributed by atoms with Gasteiger partial charge in [-0.3, -0.25) is 9.59 Å². The van der Waals surface area contributed by atoms with Crippen molar-refractivity contribution in [2.45, 2.75) is 25.3 Å². The van der Waals surface area contributed by atoms with Gasteiger partial charge in [-0.25, -0.2) is 0 Å². The molecule has 0 radical (unpaired) electrons. The van der Waals surface area contributed by atoms with Crippen LogP contribution in [0.5, 0.6) is 0 Å². The topological polar surface area (TPSA) is 66.6 Å². The van der Waals surface area contributed by atoms with Gasteiger partial charge in [-0.15, -0.1) is 0 Å². The number of halogens is 1. The van der Waals surface area contributed by atoms with Gasteiger partial charge in [0.25, 0.3) is 11.8 Å². The lowest BCUT2D eigenvalue weighted by Crippen LogP contribution is -2.38. The Kier molecular flexibility index (Phi) is 5.35. The Hall–Kier alpha value is -3.31. The summed E-state index contributed by atoms with van der Waals surface area (Å²) in [6.45, 7) is 1.88. The first-order chi connectivity index (χ1) is 15.5.